The molecule has 4 heterocycles. The van der Waals surface area contributed by atoms with Gasteiger partial charge in [-0.25, -0.2) is 4.68 Å². The number of carbonyl (C=O) groups excluding carboxylic acids is 4. The highest BCUT2D eigenvalue weighted by atomic mass is 16.2. The second-order valence-electron chi connectivity index (χ2n) is 7.82. The fourth-order valence-electron chi connectivity index (χ4n) is 4.43. The van der Waals surface area contributed by atoms with Gasteiger partial charge in [0.25, 0.3) is 11.8 Å². The molecule has 3 N–H and O–H groups in total. The molecule has 4 amide bonds. The van der Waals surface area contributed by atoms with E-state index in [2.05, 4.69) is 15.4 Å². The molecule has 1 saturated heterocycles. The lowest BCUT2D eigenvalue weighted by molar-refractivity contribution is -0.136. The van der Waals surface area contributed by atoms with Crippen LogP contribution in [0.5, 0.6) is 0 Å². The molecular formula is C20H21N7O4. The number of fused-ring (bicyclic) bond motifs is 2. The maximum atomic E-state index is 13.3. The van der Waals surface area contributed by atoms with E-state index < -0.39 is 29.7 Å². The number of imide groups is 2. The first-order valence-corrected chi connectivity index (χ1v) is 10.2. The van der Waals surface area contributed by atoms with Crippen molar-refractivity contribution < 1.29 is 19.2 Å². The van der Waals surface area contributed by atoms with Gasteiger partial charge in [0.05, 0.1) is 17.7 Å². The van der Waals surface area contributed by atoms with Crippen molar-refractivity contribution in [3.05, 3.63) is 40.7 Å². The van der Waals surface area contributed by atoms with Crippen molar-refractivity contribution in [1.29, 1.82) is 0 Å². The summed E-state index contributed by atoms with van der Waals surface area (Å²) in [5.41, 5.74) is 6.92. The van der Waals surface area contributed by atoms with E-state index in [1.807, 2.05) is 4.90 Å². The van der Waals surface area contributed by atoms with Gasteiger partial charge >= 0.3 is 0 Å². The number of benzene rings is 1. The number of nitrogens with one attached hydrogen (secondary N) is 1. The summed E-state index contributed by atoms with van der Waals surface area (Å²) in [6, 6.07) is 4.14. The van der Waals surface area contributed by atoms with E-state index in [1.54, 1.807) is 22.9 Å². The molecule has 160 valence electrons. The molecule has 1 aromatic carbocycles. The van der Waals surface area contributed by atoms with Crippen LogP contribution in [0, 0.1) is 0 Å². The van der Waals surface area contributed by atoms with Crippen LogP contribution in [-0.4, -0.2) is 55.9 Å². The second-order valence-corrected chi connectivity index (χ2v) is 7.82. The monoisotopic (exact) mass is 423 g/mol. The summed E-state index contributed by atoms with van der Waals surface area (Å²) in [5, 5.41) is 6.60. The Morgan fingerprint density at radius 1 is 1.13 bits per heavy atom. The van der Waals surface area contributed by atoms with Crippen LogP contribution in [0.25, 0.3) is 0 Å². The Hall–Kier alpha value is -3.60. The third kappa shape index (κ3) is 3.08. The Morgan fingerprint density at radius 2 is 1.97 bits per heavy atom. The van der Waals surface area contributed by atoms with Crippen LogP contribution in [-0.2, 0) is 29.2 Å². The van der Waals surface area contributed by atoms with Crippen LogP contribution in [0.1, 0.15) is 51.4 Å². The zero-order valence-corrected chi connectivity index (χ0v) is 16.7. The normalized spacial score (nSPS) is 20.7. The van der Waals surface area contributed by atoms with E-state index in [4.69, 9.17) is 5.73 Å². The first-order valence-electron chi connectivity index (χ1n) is 10.2. The van der Waals surface area contributed by atoms with E-state index in [0.717, 1.165) is 24.4 Å². The summed E-state index contributed by atoms with van der Waals surface area (Å²) in [6.45, 7) is 2.08. The molecule has 31 heavy (non-hydrogen) atoms. The Kier molecular flexibility index (Phi) is 4.54. The molecule has 1 atom stereocenters. The van der Waals surface area contributed by atoms with Crippen molar-refractivity contribution >= 4 is 29.6 Å². The third-order valence-corrected chi connectivity index (χ3v) is 5.88. The number of amides is 4. The molecule has 1 fully saturated rings. The smallest absolute Gasteiger partial charge is 0.262 e. The Labute approximate surface area is 177 Å². The first-order chi connectivity index (χ1) is 15.0. The van der Waals surface area contributed by atoms with Crippen LogP contribution < -0.4 is 16.0 Å². The highest BCUT2D eigenvalue weighted by molar-refractivity contribution is 6.24. The van der Waals surface area contributed by atoms with Crippen LogP contribution in [0.15, 0.2) is 18.2 Å². The fourth-order valence-corrected chi connectivity index (χ4v) is 4.43. The van der Waals surface area contributed by atoms with Crippen molar-refractivity contribution in [2.45, 2.75) is 44.9 Å². The first kappa shape index (κ1) is 19.4. The van der Waals surface area contributed by atoms with Crippen LogP contribution in [0.2, 0.25) is 0 Å². The summed E-state index contributed by atoms with van der Waals surface area (Å²) in [4.78, 5) is 57.5. The number of rotatable bonds is 4. The van der Waals surface area contributed by atoms with Crippen molar-refractivity contribution in [3.63, 3.8) is 0 Å². The zero-order chi connectivity index (χ0) is 21.7. The topological polar surface area (TPSA) is 144 Å². The highest BCUT2D eigenvalue weighted by Gasteiger charge is 2.45. The SMILES string of the molecule is NCc1nc2n(n1)CCCN2Cc1cccc2c1C(=O)N(C1CCC(=O)NC1=O)C2=O. The third-order valence-electron chi connectivity index (χ3n) is 5.88. The molecular weight excluding hydrogens is 402 g/mol. The zero-order valence-electron chi connectivity index (χ0n) is 16.7. The summed E-state index contributed by atoms with van der Waals surface area (Å²) >= 11 is 0. The highest BCUT2D eigenvalue weighted by Crippen LogP contribution is 2.31. The summed E-state index contributed by atoms with van der Waals surface area (Å²) < 4.78 is 1.80. The number of aryl methyl sites for hydroxylation is 1. The van der Waals surface area contributed by atoms with Gasteiger partial charge in [-0.3, -0.25) is 29.4 Å². The molecule has 3 aliphatic heterocycles. The fraction of sp³-hybridized carbons (Fsp3) is 0.400. The minimum atomic E-state index is -0.983. The van der Waals surface area contributed by atoms with Gasteiger partial charge in [-0.05, 0) is 24.5 Å². The summed E-state index contributed by atoms with van der Waals surface area (Å²) in [5.74, 6) is -0.802. The van der Waals surface area contributed by atoms with E-state index in [1.165, 1.54) is 0 Å². The largest absolute Gasteiger partial charge is 0.337 e. The molecule has 0 spiro atoms. The predicted molar refractivity (Wildman–Crippen MR) is 107 cm³/mol. The molecule has 5 rings (SSSR count). The number of hydrogen-bond acceptors (Lipinski definition) is 8. The Balaban J connectivity index is 1.46. The molecule has 11 nitrogen and oxygen atoms in total. The van der Waals surface area contributed by atoms with E-state index in [0.29, 0.717) is 29.4 Å². The predicted octanol–water partition coefficient (Wildman–Crippen LogP) is -0.452. The lowest BCUT2D eigenvalue weighted by Gasteiger charge is -2.29. The molecule has 3 aliphatic rings. The average Bonchev–Trinajstić information content (AvgIpc) is 3.29. The Morgan fingerprint density at radius 3 is 2.74 bits per heavy atom. The van der Waals surface area contributed by atoms with Gasteiger partial charge in [-0.1, -0.05) is 12.1 Å². The number of hydrogen-bond donors (Lipinski definition) is 2. The van der Waals surface area contributed by atoms with Gasteiger partial charge in [-0.2, -0.15) is 10.1 Å². The summed E-state index contributed by atoms with van der Waals surface area (Å²) in [7, 11) is 0. The minimum absolute atomic E-state index is 0.0869. The lowest BCUT2D eigenvalue weighted by atomic mass is 10.0. The average molecular weight is 423 g/mol. The maximum absolute atomic E-state index is 13.3. The van der Waals surface area contributed by atoms with Gasteiger partial charge in [0.1, 0.15) is 6.04 Å². The number of aromatic nitrogens is 3. The quantitative estimate of drug-likeness (QED) is 0.629. The number of nitrogens with two attached hydrogens (primary N) is 1. The van der Waals surface area contributed by atoms with Gasteiger partial charge in [-0.15, -0.1) is 0 Å². The maximum Gasteiger partial charge on any atom is 0.262 e. The summed E-state index contributed by atoms with van der Waals surface area (Å²) in [6.07, 6.45) is 1.08. The molecule has 2 aromatic rings. The van der Waals surface area contributed by atoms with Gasteiger partial charge in [0.15, 0.2) is 5.82 Å². The van der Waals surface area contributed by atoms with Gasteiger partial charge in [0.2, 0.25) is 17.8 Å². The molecule has 1 aromatic heterocycles. The van der Waals surface area contributed by atoms with Crippen molar-refractivity contribution in [3.8, 4) is 0 Å². The number of anilines is 1. The van der Waals surface area contributed by atoms with Crippen LogP contribution in [0.4, 0.5) is 5.95 Å². The number of nitrogens with zero attached hydrogens (tertiary/aromatic N) is 5. The van der Waals surface area contributed by atoms with Crippen LogP contribution >= 0.6 is 0 Å². The number of carbonyl (C=O) groups is 4. The molecule has 0 saturated carbocycles. The number of piperidine rings is 1. The van der Waals surface area contributed by atoms with E-state index in [9.17, 15) is 19.2 Å². The molecule has 0 bridgehead atoms. The van der Waals surface area contributed by atoms with Crippen molar-refractivity contribution in [1.82, 2.24) is 25.0 Å². The molecule has 11 heteroatoms. The lowest BCUT2D eigenvalue weighted by Crippen LogP contribution is -2.54. The van der Waals surface area contributed by atoms with Crippen molar-refractivity contribution in [2.75, 3.05) is 11.4 Å². The van der Waals surface area contributed by atoms with Crippen molar-refractivity contribution in [2.24, 2.45) is 5.73 Å². The molecule has 1 unspecified atom stereocenters. The standard InChI is InChI=1S/C20H21N7O4/c21-9-14-22-20-25(7-2-8-26(20)24-14)10-11-3-1-4-12-16(11)19(31)27(18(12)30)13-5-6-15(28)23-17(13)29/h1,3-4,13H,2,5-10,21H2,(H,23,28,29). The van der Waals surface area contributed by atoms with E-state index in [-0.39, 0.29) is 24.9 Å². The Bertz CT molecular complexity index is 1120. The van der Waals surface area contributed by atoms with Gasteiger partial charge in [0, 0.05) is 26.1 Å². The molecule has 0 radical (unpaired) electrons. The van der Waals surface area contributed by atoms with Gasteiger partial charge < -0.3 is 10.6 Å². The van der Waals surface area contributed by atoms with Crippen LogP contribution in [0.3, 0.4) is 0 Å². The minimum Gasteiger partial charge on any atom is -0.337 e. The molecule has 0 aliphatic carbocycles. The van der Waals surface area contributed by atoms with E-state index >= 15 is 0 Å². The second kappa shape index (κ2) is 7.27.